The maximum Gasteiger partial charge on any atom is 0.255 e. The highest BCUT2D eigenvalue weighted by molar-refractivity contribution is 9.10. The largest absolute Gasteiger partial charge is 0.339 e. The molecule has 1 atom stereocenters. The number of hydrogen-bond acceptors (Lipinski definition) is 4. The van der Waals surface area contributed by atoms with E-state index in [0.29, 0.717) is 30.4 Å². The fraction of sp³-hybridized carbons (Fsp3) is 0.357. The molecule has 1 aromatic carbocycles. The van der Waals surface area contributed by atoms with Crippen molar-refractivity contribution in [2.24, 2.45) is 0 Å². The Balaban J connectivity index is 1.74. The van der Waals surface area contributed by atoms with Crippen LogP contribution in [0.2, 0.25) is 0 Å². The Morgan fingerprint density at radius 1 is 1.45 bits per heavy atom. The SMILES string of the molecule is Cc1noc([C@@H]2CCN(C(=O)c3ccccc3Br)C2)n1. The van der Waals surface area contributed by atoms with Gasteiger partial charge in [0.15, 0.2) is 5.82 Å². The molecule has 1 aliphatic heterocycles. The van der Waals surface area contributed by atoms with E-state index >= 15 is 0 Å². The van der Waals surface area contributed by atoms with Gasteiger partial charge in [0.05, 0.1) is 11.5 Å². The first-order chi connectivity index (χ1) is 9.65. The Labute approximate surface area is 125 Å². The molecule has 1 amide bonds. The minimum atomic E-state index is 0.0382. The number of nitrogens with zero attached hydrogens (tertiary/aromatic N) is 3. The molecular weight excluding hydrogens is 322 g/mol. The maximum atomic E-state index is 12.5. The normalized spacial score (nSPS) is 18.5. The molecule has 20 heavy (non-hydrogen) atoms. The molecule has 1 fully saturated rings. The number of halogens is 1. The molecule has 2 aromatic rings. The number of rotatable bonds is 2. The summed E-state index contributed by atoms with van der Waals surface area (Å²) in [6, 6.07) is 7.47. The minimum Gasteiger partial charge on any atom is -0.339 e. The molecule has 2 heterocycles. The molecule has 0 unspecified atom stereocenters. The summed E-state index contributed by atoms with van der Waals surface area (Å²) in [5.41, 5.74) is 0.690. The second-order valence-electron chi connectivity index (χ2n) is 4.90. The summed E-state index contributed by atoms with van der Waals surface area (Å²) >= 11 is 3.42. The van der Waals surface area contributed by atoms with Crippen molar-refractivity contribution < 1.29 is 9.32 Å². The molecule has 1 aliphatic rings. The molecule has 0 bridgehead atoms. The van der Waals surface area contributed by atoms with Gasteiger partial charge in [-0.2, -0.15) is 4.98 Å². The van der Waals surface area contributed by atoms with Gasteiger partial charge >= 0.3 is 0 Å². The lowest BCUT2D eigenvalue weighted by Crippen LogP contribution is -2.28. The van der Waals surface area contributed by atoms with Crippen LogP contribution < -0.4 is 0 Å². The quantitative estimate of drug-likeness (QED) is 0.846. The topological polar surface area (TPSA) is 59.2 Å². The molecule has 104 valence electrons. The third-order valence-corrected chi connectivity index (χ3v) is 4.16. The molecule has 1 aromatic heterocycles. The fourth-order valence-electron chi connectivity index (χ4n) is 2.43. The van der Waals surface area contributed by atoms with Crippen LogP contribution in [0.3, 0.4) is 0 Å². The van der Waals surface area contributed by atoms with E-state index in [1.165, 1.54) is 0 Å². The van der Waals surface area contributed by atoms with Gasteiger partial charge in [-0.1, -0.05) is 17.3 Å². The van der Waals surface area contributed by atoms with Gasteiger partial charge in [0.25, 0.3) is 5.91 Å². The van der Waals surface area contributed by atoms with Crippen LogP contribution in [0.4, 0.5) is 0 Å². The van der Waals surface area contributed by atoms with Crippen LogP contribution in [0.1, 0.15) is 34.4 Å². The van der Waals surface area contributed by atoms with Crippen molar-refractivity contribution in [1.82, 2.24) is 15.0 Å². The number of aromatic nitrogens is 2. The van der Waals surface area contributed by atoms with Crippen LogP contribution in [0.25, 0.3) is 0 Å². The second-order valence-corrected chi connectivity index (χ2v) is 5.75. The minimum absolute atomic E-state index is 0.0382. The van der Waals surface area contributed by atoms with Gasteiger partial charge in [-0.05, 0) is 41.4 Å². The standard InChI is InChI=1S/C14H14BrN3O2/c1-9-16-13(20-17-9)10-6-7-18(8-10)14(19)11-4-2-3-5-12(11)15/h2-5,10H,6-8H2,1H3/t10-/m1/s1. The number of benzene rings is 1. The number of carbonyl (C=O) groups excluding carboxylic acids is 1. The Morgan fingerprint density at radius 2 is 2.25 bits per heavy atom. The van der Waals surface area contributed by atoms with Gasteiger partial charge in [-0.15, -0.1) is 0 Å². The molecule has 6 heteroatoms. The van der Waals surface area contributed by atoms with E-state index < -0.39 is 0 Å². The summed E-state index contributed by atoms with van der Waals surface area (Å²) in [4.78, 5) is 18.6. The van der Waals surface area contributed by atoms with E-state index in [1.807, 2.05) is 29.2 Å². The first-order valence-corrected chi connectivity index (χ1v) is 7.28. The zero-order valence-corrected chi connectivity index (χ0v) is 12.6. The number of aryl methyl sites for hydroxylation is 1. The van der Waals surface area contributed by atoms with E-state index in [1.54, 1.807) is 6.92 Å². The Bertz CT molecular complexity index is 641. The zero-order valence-electron chi connectivity index (χ0n) is 11.0. The van der Waals surface area contributed by atoms with Crippen molar-refractivity contribution in [2.45, 2.75) is 19.3 Å². The van der Waals surface area contributed by atoms with Gasteiger partial charge < -0.3 is 9.42 Å². The van der Waals surface area contributed by atoms with E-state index in [2.05, 4.69) is 26.1 Å². The summed E-state index contributed by atoms with van der Waals surface area (Å²) in [6.07, 6.45) is 0.859. The van der Waals surface area contributed by atoms with Crippen molar-refractivity contribution in [3.63, 3.8) is 0 Å². The average molecular weight is 336 g/mol. The van der Waals surface area contributed by atoms with Crippen molar-refractivity contribution in [1.29, 1.82) is 0 Å². The summed E-state index contributed by atoms with van der Waals surface area (Å²) in [7, 11) is 0. The number of amides is 1. The van der Waals surface area contributed by atoms with Crippen molar-refractivity contribution >= 4 is 21.8 Å². The number of hydrogen-bond donors (Lipinski definition) is 0. The lowest BCUT2D eigenvalue weighted by molar-refractivity contribution is 0.0788. The second kappa shape index (κ2) is 5.36. The van der Waals surface area contributed by atoms with Crippen LogP contribution >= 0.6 is 15.9 Å². The number of carbonyl (C=O) groups is 1. The summed E-state index contributed by atoms with van der Waals surface area (Å²) in [6.45, 7) is 3.14. The molecule has 5 nitrogen and oxygen atoms in total. The first-order valence-electron chi connectivity index (χ1n) is 6.49. The highest BCUT2D eigenvalue weighted by Gasteiger charge is 2.31. The molecule has 0 aliphatic carbocycles. The monoisotopic (exact) mass is 335 g/mol. The highest BCUT2D eigenvalue weighted by atomic mass is 79.9. The molecule has 1 saturated heterocycles. The third kappa shape index (κ3) is 2.47. The van der Waals surface area contributed by atoms with E-state index in [0.717, 1.165) is 10.9 Å². The average Bonchev–Trinajstić information content (AvgIpc) is 3.07. The Morgan fingerprint density at radius 3 is 2.95 bits per heavy atom. The van der Waals surface area contributed by atoms with E-state index in [9.17, 15) is 4.79 Å². The molecule has 3 rings (SSSR count). The van der Waals surface area contributed by atoms with Gasteiger partial charge in [-0.3, -0.25) is 4.79 Å². The molecule has 0 spiro atoms. The lowest BCUT2D eigenvalue weighted by atomic mass is 10.1. The molecule has 0 radical (unpaired) electrons. The van der Waals surface area contributed by atoms with Gasteiger partial charge in [-0.25, -0.2) is 0 Å². The molecular formula is C14H14BrN3O2. The maximum absolute atomic E-state index is 12.5. The van der Waals surface area contributed by atoms with Crippen molar-refractivity contribution in [3.05, 3.63) is 46.0 Å². The Hall–Kier alpha value is -1.69. The van der Waals surface area contributed by atoms with Gasteiger partial charge in [0.1, 0.15) is 0 Å². The van der Waals surface area contributed by atoms with Crippen molar-refractivity contribution in [2.75, 3.05) is 13.1 Å². The van der Waals surface area contributed by atoms with Gasteiger partial charge in [0.2, 0.25) is 5.89 Å². The predicted octanol–water partition coefficient (Wildman–Crippen LogP) is 2.77. The number of likely N-dealkylation sites (tertiary alicyclic amines) is 1. The highest BCUT2D eigenvalue weighted by Crippen LogP contribution is 2.28. The first kappa shape index (κ1) is 13.3. The van der Waals surface area contributed by atoms with Crippen LogP contribution in [0.15, 0.2) is 33.3 Å². The molecule has 0 N–H and O–H groups in total. The summed E-state index contributed by atoms with van der Waals surface area (Å²) in [5.74, 6) is 1.44. The van der Waals surface area contributed by atoms with Crippen LogP contribution in [0, 0.1) is 6.92 Å². The summed E-state index contributed by atoms with van der Waals surface area (Å²) in [5, 5.41) is 3.81. The van der Waals surface area contributed by atoms with Crippen LogP contribution in [-0.4, -0.2) is 34.0 Å². The van der Waals surface area contributed by atoms with E-state index in [-0.39, 0.29) is 11.8 Å². The van der Waals surface area contributed by atoms with E-state index in [4.69, 9.17) is 4.52 Å². The van der Waals surface area contributed by atoms with Gasteiger partial charge in [0, 0.05) is 17.6 Å². The smallest absolute Gasteiger partial charge is 0.255 e. The third-order valence-electron chi connectivity index (χ3n) is 3.47. The predicted molar refractivity (Wildman–Crippen MR) is 76.4 cm³/mol. The molecule has 0 saturated carbocycles. The zero-order chi connectivity index (χ0) is 14.1. The lowest BCUT2D eigenvalue weighted by Gasteiger charge is -2.16. The van der Waals surface area contributed by atoms with Crippen LogP contribution in [0.5, 0.6) is 0 Å². The van der Waals surface area contributed by atoms with Crippen LogP contribution in [-0.2, 0) is 0 Å². The summed E-state index contributed by atoms with van der Waals surface area (Å²) < 4.78 is 6.02. The fourth-order valence-corrected chi connectivity index (χ4v) is 2.88. The van der Waals surface area contributed by atoms with Crippen molar-refractivity contribution in [3.8, 4) is 0 Å². The Kier molecular flexibility index (Phi) is 3.56.